The first-order chi connectivity index (χ1) is 8.29. The molecular weight excluding hydrogens is 236 g/mol. The molecular formula is C13H16O3S. The quantitative estimate of drug-likeness (QED) is 0.772. The third-order valence-electron chi connectivity index (χ3n) is 2.51. The van der Waals surface area contributed by atoms with E-state index in [0.29, 0.717) is 25.4 Å². The molecule has 1 aromatic carbocycles. The largest absolute Gasteiger partial charge is 0.490 e. The van der Waals surface area contributed by atoms with E-state index in [1.54, 1.807) is 11.8 Å². The van der Waals surface area contributed by atoms with Crippen LogP contribution in [-0.4, -0.2) is 24.7 Å². The highest BCUT2D eigenvalue weighted by molar-refractivity contribution is 8.00. The number of carbonyl (C=O) groups excluding carboxylic acids is 1. The van der Waals surface area contributed by atoms with Gasteiger partial charge in [0.2, 0.25) is 0 Å². The first kappa shape index (κ1) is 12.3. The Kier molecular flexibility index (Phi) is 4.31. The zero-order valence-corrected chi connectivity index (χ0v) is 10.7. The zero-order valence-electron chi connectivity index (χ0n) is 9.90. The Hall–Kier alpha value is -1.16. The standard InChI is InChI=1S/C13H16O3S/c1-2-10(14)9-17-11-4-5-12-13(8-11)16-7-3-6-15-12/h4-5,8H,2-3,6-7,9H2,1H3. The third kappa shape index (κ3) is 3.40. The summed E-state index contributed by atoms with van der Waals surface area (Å²) >= 11 is 1.55. The predicted molar refractivity (Wildman–Crippen MR) is 68.1 cm³/mol. The van der Waals surface area contributed by atoms with Gasteiger partial charge in [0, 0.05) is 17.7 Å². The molecule has 0 unspecified atom stereocenters. The minimum absolute atomic E-state index is 0.266. The highest BCUT2D eigenvalue weighted by Gasteiger charge is 2.11. The van der Waals surface area contributed by atoms with Gasteiger partial charge in [-0.3, -0.25) is 4.79 Å². The number of carbonyl (C=O) groups is 1. The number of Topliss-reactive ketones (excluding diaryl/α,β-unsaturated/α-hetero) is 1. The number of hydrogen-bond donors (Lipinski definition) is 0. The van der Waals surface area contributed by atoms with Gasteiger partial charge in [-0.1, -0.05) is 6.92 Å². The lowest BCUT2D eigenvalue weighted by molar-refractivity contribution is -0.116. The van der Waals surface area contributed by atoms with Gasteiger partial charge in [-0.15, -0.1) is 11.8 Å². The second kappa shape index (κ2) is 5.96. The Bertz CT molecular complexity index is 404. The van der Waals surface area contributed by atoms with E-state index in [1.165, 1.54) is 0 Å². The Balaban J connectivity index is 2.04. The molecule has 0 radical (unpaired) electrons. The minimum atomic E-state index is 0.266. The average molecular weight is 252 g/mol. The van der Waals surface area contributed by atoms with Crippen LogP contribution in [-0.2, 0) is 4.79 Å². The van der Waals surface area contributed by atoms with Crippen LogP contribution in [0.5, 0.6) is 11.5 Å². The molecule has 1 aliphatic heterocycles. The molecule has 0 amide bonds. The van der Waals surface area contributed by atoms with Crippen LogP contribution in [0.2, 0.25) is 0 Å². The van der Waals surface area contributed by atoms with Gasteiger partial charge in [-0.2, -0.15) is 0 Å². The van der Waals surface area contributed by atoms with E-state index in [2.05, 4.69) is 0 Å². The molecule has 0 N–H and O–H groups in total. The maximum Gasteiger partial charge on any atom is 0.162 e. The van der Waals surface area contributed by atoms with E-state index in [1.807, 2.05) is 25.1 Å². The number of ether oxygens (including phenoxy) is 2. The van der Waals surface area contributed by atoms with Crippen LogP contribution in [0.3, 0.4) is 0 Å². The molecule has 0 saturated carbocycles. The van der Waals surface area contributed by atoms with Crippen molar-refractivity contribution in [1.82, 2.24) is 0 Å². The Labute approximate surface area is 105 Å². The average Bonchev–Trinajstić information content (AvgIpc) is 2.60. The summed E-state index contributed by atoms with van der Waals surface area (Å²) in [7, 11) is 0. The van der Waals surface area contributed by atoms with Crippen molar-refractivity contribution in [3.05, 3.63) is 18.2 Å². The zero-order chi connectivity index (χ0) is 12.1. The third-order valence-corrected chi connectivity index (χ3v) is 3.57. The molecule has 92 valence electrons. The Morgan fingerprint density at radius 2 is 2.06 bits per heavy atom. The van der Waals surface area contributed by atoms with Crippen LogP contribution in [0, 0.1) is 0 Å². The first-order valence-electron chi connectivity index (χ1n) is 5.83. The summed E-state index contributed by atoms with van der Waals surface area (Å²) in [5, 5.41) is 0. The summed E-state index contributed by atoms with van der Waals surface area (Å²) in [6.07, 6.45) is 1.50. The molecule has 0 spiro atoms. The number of rotatable bonds is 4. The summed E-state index contributed by atoms with van der Waals surface area (Å²) in [4.78, 5) is 12.3. The van der Waals surface area contributed by atoms with Gasteiger partial charge in [-0.05, 0) is 18.2 Å². The van der Waals surface area contributed by atoms with Crippen LogP contribution >= 0.6 is 11.8 Å². The fourth-order valence-corrected chi connectivity index (χ4v) is 2.39. The Morgan fingerprint density at radius 1 is 1.29 bits per heavy atom. The summed E-state index contributed by atoms with van der Waals surface area (Å²) < 4.78 is 11.1. The smallest absolute Gasteiger partial charge is 0.162 e. The van der Waals surface area contributed by atoms with E-state index in [0.717, 1.165) is 22.8 Å². The number of ketones is 1. The molecule has 0 fully saturated rings. The van der Waals surface area contributed by atoms with Crippen LogP contribution in [0.15, 0.2) is 23.1 Å². The Morgan fingerprint density at radius 3 is 2.82 bits per heavy atom. The van der Waals surface area contributed by atoms with Gasteiger partial charge in [0.1, 0.15) is 5.78 Å². The summed E-state index contributed by atoms with van der Waals surface area (Å²) in [6.45, 7) is 3.28. The molecule has 4 heteroatoms. The lowest BCUT2D eigenvalue weighted by Gasteiger charge is -2.08. The normalized spacial score (nSPS) is 14.2. The number of fused-ring (bicyclic) bond motifs is 1. The van der Waals surface area contributed by atoms with E-state index in [9.17, 15) is 4.79 Å². The van der Waals surface area contributed by atoms with Crippen molar-refractivity contribution in [3.63, 3.8) is 0 Å². The summed E-state index contributed by atoms with van der Waals surface area (Å²) in [6, 6.07) is 5.84. The van der Waals surface area contributed by atoms with Crippen molar-refractivity contribution in [2.75, 3.05) is 19.0 Å². The van der Waals surface area contributed by atoms with Gasteiger partial charge in [-0.25, -0.2) is 0 Å². The first-order valence-corrected chi connectivity index (χ1v) is 6.82. The van der Waals surface area contributed by atoms with Crippen LogP contribution in [0.4, 0.5) is 0 Å². The van der Waals surface area contributed by atoms with Gasteiger partial charge >= 0.3 is 0 Å². The van der Waals surface area contributed by atoms with Gasteiger partial charge in [0.05, 0.1) is 19.0 Å². The van der Waals surface area contributed by atoms with Gasteiger partial charge in [0.15, 0.2) is 11.5 Å². The molecule has 17 heavy (non-hydrogen) atoms. The summed E-state index contributed by atoms with van der Waals surface area (Å²) in [5.41, 5.74) is 0. The van der Waals surface area contributed by atoms with E-state index in [4.69, 9.17) is 9.47 Å². The molecule has 0 aliphatic carbocycles. The van der Waals surface area contributed by atoms with Crippen LogP contribution in [0.1, 0.15) is 19.8 Å². The molecule has 3 nitrogen and oxygen atoms in total. The number of hydrogen-bond acceptors (Lipinski definition) is 4. The second-order valence-electron chi connectivity index (χ2n) is 3.84. The van der Waals surface area contributed by atoms with Crippen molar-refractivity contribution >= 4 is 17.5 Å². The SMILES string of the molecule is CCC(=O)CSc1ccc2c(c1)OCCCO2. The maximum absolute atomic E-state index is 11.3. The molecule has 0 aromatic heterocycles. The lowest BCUT2D eigenvalue weighted by atomic mass is 10.3. The van der Waals surface area contributed by atoms with E-state index in [-0.39, 0.29) is 5.78 Å². The van der Waals surface area contributed by atoms with Crippen molar-refractivity contribution < 1.29 is 14.3 Å². The molecule has 0 saturated heterocycles. The molecule has 0 bridgehead atoms. The molecule has 1 aromatic rings. The highest BCUT2D eigenvalue weighted by atomic mass is 32.2. The minimum Gasteiger partial charge on any atom is -0.490 e. The van der Waals surface area contributed by atoms with Crippen molar-refractivity contribution in [2.24, 2.45) is 0 Å². The van der Waals surface area contributed by atoms with Crippen molar-refractivity contribution in [3.8, 4) is 11.5 Å². The van der Waals surface area contributed by atoms with Gasteiger partial charge in [0.25, 0.3) is 0 Å². The molecule has 0 atom stereocenters. The van der Waals surface area contributed by atoms with E-state index >= 15 is 0 Å². The van der Waals surface area contributed by atoms with Crippen molar-refractivity contribution in [2.45, 2.75) is 24.7 Å². The lowest BCUT2D eigenvalue weighted by Crippen LogP contribution is -1.98. The molecule has 1 heterocycles. The number of thioether (sulfide) groups is 1. The fourth-order valence-electron chi connectivity index (χ4n) is 1.50. The van der Waals surface area contributed by atoms with Crippen LogP contribution in [0.25, 0.3) is 0 Å². The van der Waals surface area contributed by atoms with Crippen LogP contribution < -0.4 is 9.47 Å². The summed E-state index contributed by atoms with van der Waals surface area (Å²) in [5.74, 6) is 2.38. The monoisotopic (exact) mass is 252 g/mol. The van der Waals surface area contributed by atoms with Crippen molar-refractivity contribution in [1.29, 1.82) is 0 Å². The van der Waals surface area contributed by atoms with E-state index < -0.39 is 0 Å². The van der Waals surface area contributed by atoms with Gasteiger partial charge < -0.3 is 9.47 Å². The highest BCUT2D eigenvalue weighted by Crippen LogP contribution is 2.33. The molecule has 2 rings (SSSR count). The fraction of sp³-hybridized carbons (Fsp3) is 0.462. The predicted octanol–water partition coefficient (Wildman–Crippen LogP) is 2.92. The molecule has 1 aliphatic rings. The second-order valence-corrected chi connectivity index (χ2v) is 4.89. The maximum atomic E-state index is 11.3. The number of benzene rings is 1. The topological polar surface area (TPSA) is 35.5 Å².